The van der Waals surface area contributed by atoms with Crippen molar-refractivity contribution in [2.75, 3.05) is 11.9 Å². The Bertz CT molecular complexity index is 835. The molecule has 0 radical (unpaired) electrons. The summed E-state index contributed by atoms with van der Waals surface area (Å²) in [4.78, 5) is 22.6. The lowest BCUT2D eigenvalue weighted by atomic mass is 10.2. The molecule has 0 aliphatic carbocycles. The maximum absolute atomic E-state index is 12.4. The summed E-state index contributed by atoms with van der Waals surface area (Å²) < 4.78 is 5.60. The van der Waals surface area contributed by atoms with Crippen molar-refractivity contribution in [3.05, 3.63) is 61.1 Å². The lowest BCUT2D eigenvalue weighted by Crippen LogP contribution is -2.12. The Hall–Kier alpha value is -2.02. The van der Waals surface area contributed by atoms with Gasteiger partial charge in [0.2, 0.25) is 0 Å². The van der Waals surface area contributed by atoms with Crippen molar-refractivity contribution in [1.29, 1.82) is 0 Å². The van der Waals surface area contributed by atoms with Crippen molar-refractivity contribution in [3.63, 3.8) is 0 Å². The summed E-state index contributed by atoms with van der Waals surface area (Å²) in [6.07, 6.45) is 2.98. The van der Waals surface area contributed by atoms with E-state index < -0.39 is 10.8 Å². The summed E-state index contributed by atoms with van der Waals surface area (Å²) in [5.41, 5.74) is 0.272. The van der Waals surface area contributed by atoms with E-state index in [-0.39, 0.29) is 32.0 Å². The number of hydrogen-bond donors (Lipinski definition) is 1. The van der Waals surface area contributed by atoms with E-state index in [0.29, 0.717) is 12.4 Å². The molecule has 0 saturated carbocycles. The minimum Gasteiger partial charge on any atom is -0.490 e. The van der Waals surface area contributed by atoms with Gasteiger partial charge in [-0.25, -0.2) is 0 Å². The van der Waals surface area contributed by atoms with E-state index in [1.54, 1.807) is 0 Å². The molecular formula is C18H17Cl3N2O4. The van der Waals surface area contributed by atoms with Crippen LogP contribution in [0.3, 0.4) is 0 Å². The molecule has 27 heavy (non-hydrogen) atoms. The van der Waals surface area contributed by atoms with E-state index in [1.165, 1.54) is 24.3 Å². The second-order valence-corrected chi connectivity index (χ2v) is 6.92. The number of ether oxygens (including phenoxy) is 1. The third kappa shape index (κ3) is 5.73. The zero-order valence-electron chi connectivity index (χ0n) is 14.4. The number of nitro groups is 1. The first-order valence-electron chi connectivity index (χ1n) is 8.20. The van der Waals surface area contributed by atoms with Crippen molar-refractivity contribution >= 4 is 52.1 Å². The number of carbonyl (C=O) groups is 1. The normalized spacial score (nSPS) is 10.5. The van der Waals surface area contributed by atoms with Crippen molar-refractivity contribution in [2.45, 2.75) is 26.2 Å². The van der Waals surface area contributed by atoms with Gasteiger partial charge in [0.05, 0.1) is 32.3 Å². The summed E-state index contributed by atoms with van der Waals surface area (Å²) >= 11 is 18.4. The average molecular weight is 432 g/mol. The van der Waals surface area contributed by atoms with Crippen LogP contribution in [0.5, 0.6) is 5.75 Å². The van der Waals surface area contributed by atoms with Crippen LogP contribution in [0.25, 0.3) is 0 Å². The second-order valence-electron chi connectivity index (χ2n) is 5.70. The molecule has 0 atom stereocenters. The molecule has 9 heteroatoms. The summed E-state index contributed by atoms with van der Waals surface area (Å²) in [6.45, 7) is 2.57. The van der Waals surface area contributed by atoms with Crippen LogP contribution in [0.1, 0.15) is 36.5 Å². The second kappa shape index (κ2) is 9.78. The fourth-order valence-corrected chi connectivity index (χ4v) is 3.09. The maximum Gasteiger partial charge on any atom is 0.271 e. The van der Waals surface area contributed by atoms with E-state index in [2.05, 4.69) is 12.2 Å². The minimum absolute atomic E-state index is 0.0469. The predicted octanol–water partition coefficient (Wildman–Crippen LogP) is 6.38. The number of halogens is 3. The molecule has 0 spiro atoms. The SMILES string of the molecule is CCCCCOc1c(Cl)cc(C(=O)Nc2ccc([N+](=O)[O-])cc2Cl)cc1Cl. The minimum atomic E-state index is -0.573. The molecule has 2 aromatic carbocycles. The van der Waals surface area contributed by atoms with Crippen LogP contribution in [0.2, 0.25) is 15.1 Å². The van der Waals surface area contributed by atoms with Crippen LogP contribution in [-0.2, 0) is 0 Å². The highest BCUT2D eigenvalue weighted by Crippen LogP contribution is 2.35. The fraction of sp³-hybridized carbons (Fsp3) is 0.278. The van der Waals surface area contributed by atoms with Gasteiger partial charge in [-0.15, -0.1) is 0 Å². The molecule has 0 unspecified atom stereocenters. The molecule has 0 aliphatic heterocycles. The third-order valence-electron chi connectivity index (χ3n) is 3.67. The number of nitrogens with zero attached hydrogens (tertiary/aromatic N) is 1. The molecule has 0 aromatic heterocycles. The maximum atomic E-state index is 12.4. The van der Waals surface area contributed by atoms with Crippen molar-refractivity contribution in [2.24, 2.45) is 0 Å². The van der Waals surface area contributed by atoms with Gasteiger partial charge in [-0.05, 0) is 24.6 Å². The molecule has 1 N–H and O–H groups in total. The highest BCUT2D eigenvalue weighted by molar-refractivity contribution is 6.38. The Morgan fingerprint density at radius 2 is 1.78 bits per heavy atom. The Balaban J connectivity index is 2.14. The highest BCUT2D eigenvalue weighted by atomic mass is 35.5. The standard InChI is InChI=1S/C18H17Cl3N2O4/c1-2-3-4-7-27-17-14(20)8-11(9-15(17)21)18(24)22-16-6-5-12(23(25)26)10-13(16)19/h5-6,8-10H,2-4,7H2,1H3,(H,22,24). The Morgan fingerprint density at radius 1 is 1.11 bits per heavy atom. The number of carbonyl (C=O) groups excluding carboxylic acids is 1. The summed E-state index contributed by atoms with van der Waals surface area (Å²) in [7, 11) is 0. The third-order valence-corrected chi connectivity index (χ3v) is 4.54. The van der Waals surface area contributed by atoms with Gasteiger partial charge in [0.1, 0.15) is 0 Å². The Labute approximate surface area is 171 Å². The number of non-ortho nitro benzene ring substituents is 1. The summed E-state index contributed by atoms with van der Waals surface area (Å²) in [5.74, 6) is -0.175. The van der Waals surface area contributed by atoms with E-state index in [0.717, 1.165) is 25.3 Å². The summed E-state index contributed by atoms with van der Waals surface area (Å²) in [5, 5.41) is 13.8. The van der Waals surface area contributed by atoms with E-state index in [4.69, 9.17) is 39.5 Å². The molecule has 0 aliphatic rings. The molecular weight excluding hydrogens is 415 g/mol. The number of nitrogens with one attached hydrogen (secondary N) is 1. The monoisotopic (exact) mass is 430 g/mol. The van der Waals surface area contributed by atoms with Gasteiger partial charge in [0.25, 0.3) is 11.6 Å². The zero-order chi connectivity index (χ0) is 20.0. The molecule has 144 valence electrons. The Kier molecular flexibility index (Phi) is 7.71. The first kappa shape index (κ1) is 21.3. The fourth-order valence-electron chi connectivity index (χ4n) is 2.27. The number of unbranched alkanes of at least 4 members (excludes halogenated alkanes) is 2. The largest absolute Gasteiger partial charge is 0.490 e. The number of amides is 1. The van der Waals surface area contributed by atoms with Gasteiger partial charge in [-0.1, -0.05) is 54.6 Å². The lowest BCUT2D eigenvalue weighted by molar-refractivity contribution is -0.384. The van der Waals surface area contributed by atoms with E-state index in [9.17, 15) is 14.9 Å². The van der Waals surface area contributed by atoms with Crippen LogP contribution in [-0.4, -0.2) is 17.4 Å². The summed E-state index contributed by atoms with van der Waals surface area (Å²) in [6, 6.07) is 6.64. The van der Waals surface area contributed by atoms with Gasteiger partial charge < -0.3 is 10.1 Å². The van der Waals surface area contributed by atoms with Crippen molar-refractivity contribution in [3.8, 4) is 5.75 Å². The van der Waals surface area contributed by atoms with Crippen LogP contribution in [0.15, 0.2) is 30.3 Å². The van der Waals surface area contributed by atoms with Gasteiger partial charge in [0, 0.05) is 17.7 Å². The molecule has 2 rings (SSSR count). The number of hydrogen-bond acceptors (Lipinski definition) is 4. The van der Waals surface area contributed by atoms with E-state index >= 15 is 0 Å². The molecule has 2 aromatic rings. The Morgan fingerprint density at radius 3 is 2.33 bits per heavy atom. The van der Waals surface area contributed by atoms with Gasteiger partial charge >= 0.3 is 0 Å². The molecule has 6 nitrogen and oxygen atoms in total. The first-order chi connectivity index (χ1) is 12.8. The molecule has 0 fully saturated rings. The van der Waals surface area contributed by atoms with Crippen LogP contribution in [0, 0.1) is 10.1 Å². The average Bonchev–Trinajstić information content (AvgIpc) is 2.61. The van der Waals surface area contributed by atoms with Crippen LogP contribution >= 0.6 is 34.8 Å². The van der Waals surface area contributed by atoms with E-state index in [1.807, 2.05) is 0 Å². The van der Waals surface area contributed by atoms with Gasteiger partial charge in [-0.3, -0.25) is 14.9 Å². The van der Waals surface area contributed by atoms with Gasteiger partial charge in [-0.2, -0.15) is 0 Å². The van der Waals surface area contributed by atoms with Crippen molar-refractivity contribution < 1.29 is 14.5 Å². The number of anilines is 1. The number of nitro benzene ring substituents is 1. The highest BCUT2D eigenvalue weighted by Gasteiger charge is 2.16. The molecule has 0 heterocycles. The van der Waals surface area contributed by atoms with Crippen LogP contribution in [0.4, 0.5) is 11.4 Å². The molecule has 1 amide bonds. The predicted molar refractivity (Wildman–Crippen MR) is 108 cm³/mol. The zero-order valence-corrected chi connectivity index (χ0v) is 16.7. The first-order valence-corrected chi connectivity index (χ1v) is 9.34. The number of benzene rings is 2. The van der Waals surface area contributed by atoms with Gasteiger partial charge in [0.15, 0.2) is 5.75 Å². The topological polar surface area (TPSA) is 81.5 Å². The quantitative estimate of drug-likeness (QED) is 0.299. The molecule has 0 saturated heterocycles. The number of rotatable bonds is 8. The lowest BCUT2D eigenvalue weighted by Gasteiger charge is -2.12. The smallest absolute Gasteiger partial charge is 0.271 e. The van der Waals surface area contributed by atoms with Crippen LogP contribution < -0.4 is 10.1 Å². The van der Waals surface area contributed by atoms with Crippen molar-refractivity contribution in [1.82, 2.24) is 0 Å². The molecule has 0 bridgehead atoms.